The van der Waals surface area contributed by atoms with Gasteiger partial charge in [0.05, 0.1) is 4.24 Å². The molecule has 0 fully saturated rings. The highest BCUT2D eigenvalue weighted by Gasteiger charge is 2.21. The molecule has 0 aliphatic carbocycles. The molecule has 0 unspecified atom stereocenters. The molecule has 0 saturated heterocycles. The van der Waals surface area contributed by atoms with Crippen LogP contribution >= 0.6 is 33.3 Å². The lowest BCUT2D eigenvalue weighted by Crippen LogP contribution is -1.83. The first-order chi connectivity index (χ1) is 7.33. The molecule has 3 heteroatoms. The van der Waals surface area contributed by atoms with E-state index in [4.69, 9.17) is 0 Å². The molecule has 0 radical (unpaired) electrons. The summed E-state index contributed by atoms with van der Waals surface area (Å²) in [5.74, 6) is 1.12. The first-order valence-corrected chi connectivity index (χ1v) is 7.92. The van der Waals surface area contributed by atoms with Gasteiger partial charge in [-0.15, -0.1) is 11.8 Å². The Morgan fingerprint density at radius 2 is 1.93 bits per heavy atom. The van der Waals surface area contributed by atoms with Gasteiger partial charge >= 0.3 is 0 Å². The van der Waals surface area contributed by atoms with Crippen LogP contribution in [0.3, 0.4) is 0 Å². The Morgan fingerprint density at radius 3 is 2.60 bits per heavy atom. The van der Waals surface area contributed by atoms with E-state index in [2.05, 4.69) is 43.8 Å². The van der Waals surface area contributed by atoms with E-state index in [0.29, 0.717) is 0 Å². The highest BCUT2D eigenvalue weighted by molar-refractivity contribution is 8.82. The van der Waals surface area contributed by atoms with Gasteiger partial charge in [-0.2, -0.15) is 0 Å². The summed E-state index contributed by atoms with van der Waals surface area (Å²) >= 11 is 1.91. The quantitative estimate of drug-likeness (QED) is 0.693. The van der Waals surface area contributed by atoms with Crippen LogP contribution in [0.25, 0.3) is 5.57 Å². The van der Waals surface area contributed by atoms with Gasteiger partial charge in [0, 0.05) is 10.5 Å². The predicted molar refractivity (Wildman–Crippen MR) is 75.8 cm³/mol. The summed E-state index contributed by atoms with van der Waals surface area (Å²) in [6.45, 7) is 6.30. The smallest absolute Gasteiger partial charge is 0.0604 e. The number of allylic oxidation sites excluding steroid dienone is 1. The molecule has 0 saturated carbocycles. The topological polar surface area (TPSA) is 0 Å². The molecule has 0 spiro atoms. The molecule has 0 nitrogen and oxygen atoms in total. The Morgan fingerprint density at radius 1 is 1.20 bits per heavy atom. The monoisotopic (exact) mass is 252 g/mol. The van der Waals surface area contributed by atoms with Crippen molar-refractivity contribution >= 4 is 38.9 Å². The fraction of sp³-hybridized carbons (Fsp3) is 0.167. The van der Waals surface area contributed by atoms with E-state index in [1.54, 1.807) is 10.8 Å². The van der Waals surface area contributed by atoms with Gasteiger partial charge in [0.25, 0.3) is 0 Å². The summed E-state index contributed by atoms with van der Waals surface area (Å²) in [5.41, 5.74) is 2.62. The van der Waals surface area contributed by atoms with E-state index in [-0.39, 0.29) is 0 Å². The predicted octanol–water partition coefficient (Wildman–Crippen LogP) is 5.02. The minimum absolute atomic E-state index is 1.12. The average molecular weight is 252 g/mol. The molecule has 1 aromatic carbocycles. The van der Waals surface area contributed by atoms with Crippen LogP contribution in [0, 0.1) is 0 Å². The lowest BCUT2D eigenvalue weighted by atomic mass is 10.1. The largest absolute Gasteiger partial charge is 0.118 e. The van der Waals surface area contributed by atoms with Crippen molar-refractivity contribution in [3.63, 3.8) is 0 Å². The number of thioether (sulfide) groups is 1. The van der Waals surface area contributed by atoms with Crippen LogP contribution < -0.4 is 0 Å². The SMILES string of the molecule is C=C1SSC(SCC)=C1c1ccccc1. The normalized spacial score (nSPS) is 16.2. The second-order valence-electron chi connectivity index (χ2n) is 3.05. The van der Waals surface area contributed by atoms with Crippen molar-refractivity contribution in [1.29, 1.82) is 0 Å². The third-order valence-corrected chi connectivity index (χ3v) is 5.91. The van der Waals surface area contributed by atoms with Crippen LogP contribution in [0.15, 0.2) is 46.1 Å². The van der Waals surface area contributed by atoms with Gasteiger partial charge in [-0.05, 0) is 22.1 Å². The zero-order valence-electron chi connectivity index (χ0n) is 8.53. The van der Waals surface area contributed by atoms with E-state index in [1.165, 1.54) is 20.3 Å². The van der Waals surface area contributed by atoms with Gasteiger partial charge < -0.3 is 0 Å². The molecular formula is C12H12S3. The minimum Gasteiger partial charge on any atom is -0.118 e. The first kappa shape index (κ1) is 11.2. The Kier molecular flexibility index (Phi) is 3.89. The third kappa shape index (κ3) is 2.47. The Balaban J connectivity index is 2.39. The van der Waals surface area contributed by atoms with Crippen LogP contribution in [-0.4, -0.2) is 5.75 Å². The van der Waals surface area contributed by atoms with Gasteiger partial charge in [0.2, 0.25) is 0 Å². The zero-order valence-corrected chi connectivity index (χ0v) is 11.0. The molecule has 0 aromatic heterocycles. The molecule has 0 atom stereocenters. The van der Waals surface area contributed by atoms with Crippen molar-refractivity contribution in [2.75, 3.05) is 5.75 Å². The number of hydrogen-bond donors (Lipinski definition) is 0. The number of benzene rings is 1. The summed E-state index contributed by atoms with van der Waals surface area (Å²) in [4.78, 5) is 1.18. The van der Waals surface area contributed by atoms with Crippen molar-refractivity contribution in [3.05, 3.63) is 51.6 Å². The molecule has 2 rings (SSSR count). The molecule has 1 aliphatic rings. The number of hydrogen-bond acceptors (Lipinski definition) is 3. The van der Waals surface area contributed by atoms with Gasteiger partial charge in [0.15, 0.2) is 0 Å². The molecule has 0 amide bonds. The number of rotatable bonds is 3. The van der Waals surface area contributed by atoms with E-state index in [9.17, 15) is 0 Å². The lowest BCUT2D eigenvalue weighted by Gasteiger charge is -2.05. The van der Waals surface area contributed by atoms with Gasteiger partial charge in [-0.1, -0.05) is 54.6 Å². The third-order valence-electron chi connectivity index (χ3n) is 2.04. The first-order valence-electron chi connectivity index (χ1n) is 4.79. The van der Waals surface area contributed by atoms with Crippen molar-refractivity contribution in [2.45, 2.75) is 6.92 Å². The molecule has 0 bridgehead atoms. The second-order valence-corrected chi connectivity index (χ2v) is 6.82. The average Bonchev–Trinajstić information content (AvgIpc) is 2.62. The second kappa shape index (κ2) is 5.19. The lowest BCUT2D eigenvalue weighted by molar-refractivity contribution is 1.53. The summed E-state index contributed by atoms with van der Waals surface area (Å²) in [5, 5.41) is 0. The summed E-state index contributed by atoms with van der Waals surface area (Å²) in [6.07, 6.45) is 0. The van der Waals surface area contributed by atoms with E-state index in [0.717, 1.165) is 5.75 Å². The molecule has 1 heterocycles. The Labute approximate surface area is 103 Å². The summed E-state index contributed by atoms with van der Waals surface area (Å²) in [6, 6.07) is 10.5. The van der Waals surface area contributed by atoms with E-state index >= 15 is 0 Å². The van der Waals surface area contributed by atoms with Crippen LogP contribution in [0.4, 0.5) is 0 Å². The summed E-state index contributed by atoms with van der Waals surface area (Å²) in [7, 11) is 3.61. The molecule has 0 N–H and O–H groups in total. The van der Waals surface area contributed by atoms with Crippen LogP contribution in [0.1, 0.15) is 12.5 Å². The fourth-order valence-corrected chi connectivity index (χ4v) is 5.29. The van der Waals surface area contributed by atoms with Gasteiger partial charge in [0.1, 0.15) is 0 Å². The van der Waals surface area contributed by atoms with Crippen LogP contribution in [-0.2, 0) is 0 Å². The van der Waals surface area contributed by atoms with Gasteiger partial charge in [-0.25, -0.2) is 0 Å². The minimum atomic E-state index is 1.12. The van der Waals surface area contributed by atoms with Crippen molar-refractivity contribution in [3.8, 4) is 0 Å². The van der Waals surface area contributed by atoms with Crippen LogP contribution in [0.2, 0.25) is 0 Å². The van der Waals surface area contributed by atoms with E-state index in [1.807, 2.05) is 22.6 Å². The molecule has 78 valence electrons. The van der Waals surface area contributed by atoms with Crippen molar-refractivity contribution < 1.29 is 0 Å². The standard InChI is InChI=1S/C12H12S3/c1-3-13-12-11(9(2)14-15-12)10-7-5-4-6-8-10/h4-8H,2-3H2,1H3. The van der Waals surface area contributed by atoms with Crippen molar-refractivity contribution in [2.24, 2.45) is 0 Å². The molecule has 1 aliphatic heterocycles. The Bertz CT molecular complexity index is 393. The highest BCUT2D eigenvalue weighted by Crippen LogP contribution is 2.56. The molecule has 15 heavy (non-hydrogen) atoms. The molecular weight excluding hydrogens is 240 g/mol. The summed E-state index contributed by atoms with van der Waals surface area (Å²) < 4.78 is 1.40. The maximum Gasteiger partial charge on any atom is 0.0604 e. The zero-order chi connectivity index (χ0) is 10.7. The van der Waals surface area contributed by atoms with Gasteiger partial charge in [-0.3, -0.25) is 0 Å². The molecule has 1 aromatic rings. The Hall–Kier alpha value is -0.250. The fourth-order valence-electron chi connectivity index (χ4n) is 1.40. The maximum atomic E-state index is 4.12. The van der Waals surface area contributed by atoms with Crippen molar-refractivity contribution in [1.82, 2.24) is 0 Å². The maximum absolute atomic E-state index is 4.12. The highest BCUT2D eigenvalue weighted by atomic mass is 33.1. The van der Waals surface area contributed by atoms with E-state index < -0.39 is 0 Å². The van der Waals surface area contributed by atoms with Crippen LogP contribution in [0.5, 0.6) is 0 Å².